The predicted molar refractivity (Wildman–Crippen MR) is 183 cm³/mol. The number of rotatable bonds is 13. The summed E-state index contributed by atoms with van der Waals surface area (Å²) >= 11 is 33.9. The summed E-state index contributed by atoms with van der Waals surface area (Å²) in [5, 5.41) is 26.4. The van der Waals surface area contributed by atoms with Crippen LogP contribution in [0.3, 0.4) is 0 Å². The van der Waals surface area contributed by atoms with E-state index < -0.39 is 90.6 Å². The van der Waals surface area contributed by atoms with Crippen LogP contribution in [-0.4, -0.2) is 107 Å². The van der Waals surface area contributed by atoms with E-state index in [0.717, 1.165) is 0 Å². The molecule has 1 unspecified atom stereocenters. The molecule has 1 aromatic rings. The summed E-state index contributed by atoms with van der Waals surface area (Å²) < 4.78 is 29.2. The lowest BCUT2D eigenvalue weighted by atomic mass is 9.97. The Kier molecular flexibility index (Phi) is 16.6. The molecular weight excluding hydrogens is 781 g/mol. The number of aliphatic hydroxyl groups is 2. The number of hydrogen-bond acceptors (Lipinski definition) is 11. The molecule has 6 atom stereocenters. The molecule has 1 heterocycles. The number of carbonyl (C=O) groups excluding carboxylic acids is 3. The lowest BCUT2D eigenvalue weighted by Gasteiger charge is -2.44. The third-order valence-corrected chi connectivity index (χ3v) is 12.5. The van der Waals surface area contributed by atoms with Gasteiger partial charge in [0.1, 0.15) is 44.2 Å². The average molecular weight is 821 g/mol. The minimum Gasteiger partial charge on any atom is -0.459 e. The molecule has 1 saturated heterocycles. The quantitative estimate of drug-likeness (QED) is 0.0899. The summed E-state index contributed by atoms with van der Waals surface area (Å²) in [4.78, 5) is 38.2. The summed E-state index contributed by atoms with van der Waals surface area (Å²) in [5.41, 5.74) is 0.652. The zero-order valence-corrected chi connectivity index (χ0v) is 32.3. The van der Waals surface area contributed by atoms with Crippen molar-refractivity contribution < 1.29 is 52.7 Å². The van der Waals surface area contributed by atoms with Gasteiger partial charge in [0.15, 0.2) is 20.6 Å². The minimum absolute atomic E-state index is 0.150. The summed E-state index contributed by atoms with van der Waals surface area (Å²) in [6, 6.07) is 5.66. The maximum absolute atomic E-state index is 13.1. The summed E-state index contributed by atoms with van der Waals surface area (Å²) in [6.07, 6.45) is -8.30. The number of ether oxygens (including phenoxy) is 5. The summed E-state index contributed by atoms with van der Waals surface area (Å²) in [7, 11) is -2.35. The molecule has 0 aliphatic carbocycles. The van der Waals surface area contributed by atoms with Crippen molar-refractivity contribution in [3.63, 3.8) is 0 Å². The first kappa shape index (κ1) is 43.2. The number of benzene rings is 1. The van der Waals surface area contributed by atoms with Gasteiger partial charge < -0.3 is 49.0 Å². The van der Waals surface area contributed by atoms with Crippen molar-refractivity contribution in [2.45, 2.75) is 89.8 Å². The van der Waals surface area contributed by atoms with E-state index in [1.165, 1.54) is 0 Å². The van der Waals surface area contributed by atoms with E-state index in [4.69, 9.17) is 97.7 Å². The van der Waals surface area contributed by atoms with Crippen molar-refractivity contribution in [3.8, 4) is 0 Å². The Hall–Kier alpha value is -1.01. The number of nitrogens with one attached hydrogen (secondary N) is 2. The highest BCUT2D eigenvalue weighted by molar-refractivity contribution is 6.74. The molecule has 274 valence electrons. The molecule has 2 rings (SSSR count). The Bertz CT molecular complexity index is 1200. The number of alkyl carbamates (subject to hydrolysis) is 2. The van der Waals surface area contributed by atoms with Gasteiger partial charge in [-0.2, -0.15) is 0 Å². The molecule has 4 N–H and O–H groups in total. The first-order chi connectivity index (χ1) is 22.0. The third-order valence-electron chi connectivity index (χ3n) is 7.36. The van der Waals surface area contributed by atoms with Crippen LogP contribution in [0.2, 0.25) is 18.1 Å². The maximum Gasteiger partial charge on any atom is 0.408 e. The van der Waals surface area contributed by atoms with Gasteiger partial charge in [-0.05, 0) is 23.7 Å². The van der Waals surface area contributed by atoms with Crippen molar-refractivity contribution >= 4 is 96.1 Å². The second-order valence-electron chi connectivity index (χ2n) is 12.3. The second-order valence-corrected chi connectivity index (χ2v) is 22.1. The maximum atomic E-state index is 13.1. The lowest BCUT2D eigenvalue weighted by molar-refractivity contribution is -0.269. The van der Waals surface area contributed by atoms with E-state index >= 15 is 0 Å². The molecule has 20 heteroatoms. The van der Waals surface area contributed by atoms with Crippen molar-refractivity contribution in [2.24, 2.45) is 0 Å². The molecule has 0 saturated carbocycles. The molecule has 0 radical (unpaired) electrons. The highest BCUT2D eigenvalue weighted by atomic mass is 35.6. The molecular formula is C28H40Cl6N2O11Si. The van der Waals surface area contributed by atoms with Gasteiger partial charge in [-0.3, -0.25) is 0 Å². The molecule has 1 aliphatic heterocycles. The van der Waals surface area contributed by atoms with E-state index in [9.17, 15) is 24.6 Å². The van der Waals surface area contributed by atoms with Crippen LogP contribution < -0.4 is 10.6 Å². The van der Waals surface area contributed by atoms with Crippen molar-refractivity contribution in [1.82, 2.24) is 10.6 Å². The number of amides is 2. The first-order valence-corrected chi connectivity index (χ1v) is 19.6. The molecule has 48 heavy (non-hydrogen) atoms. The van der Waals surface area contributed by atoms with Crippen LogP contribution in [0.25, 0.3) is 0 Å². The van der Waals surface area contributed by atoms with Gasteiger partial charge >= 0.3 is 18.2 Å². The SMILES string of the molecule is CC(C)(C)[Si](C)(C)OC[C@H]1OC(OC[C@H](NC(=O)OCC(Cl)(Cl)Cl)C(=O)OCc2ccccc2)[C@H](NC(=O)OCC(Cl)(Cl)Cl)[C@@H](O)[C@@H]1O. The molecule has 1 aliphatic rings. The largest absolute Gasteiger partial charge is 0.459 e. The number of carbonyl (C=O) groups is 3. The summed E-state index contributed by atoms with van der Waals surface area (Å²) in [5.74, 6) is -0.953. The molecule has 1 fully saturated rings. The Morgan fingerprint density at radius 2 is 1.46 bits per heavy atom. The monoisotopic (exact) mass is 818 g/mol. The molecule has 0 bridgehead atoms. The highest BCUT2D eigenvalue weighted by Gasteiger charge is 2.48. The van der Waals surface area contributed by atoms with Crippen molar-refractivity contribution in [3.05, 3.63) is 35.9 Å². The van der Waals surface area contributed by atoms with Crippen LogP contribution in [0.1, 0.15) is 26.3 Å². The van der Waals surface area contributed by atoms with E-state index in [0.29, 0.717) is 5.56 Å². The number of hydrogen-bond donors (Lipinski definition) is 4. The fraction of sp³-hybridized carbons (Fsp3) is 0.679. The standard InChI is InChI=1S/C28H40Cl6N2O11Si/c1-26(2,3)48(4,5)46-13-18-20(37)21(38)19(36-25(41)45-15-28(32,33)34)23(47-18)43-12-17(35-24(40)44-14-27(29,30)31)22(39)42-11-16-9-7-6-8-10-16/h6-10,17-21,23,37-38H,11-15H2,1-5H3,(H,35,40)(H,36,41)/t17-,18+,19+,20+,21+,23?/m0/s1. The molecule has 13 nitrogen and oxygen atoms in total. The van der Waals surface area contributed by atoms with E-state index in [1.54, 1.807) is 30.3 Å². The van der Waals surface area contributed by atoms with Crippen molar-refractivity contribution in [1.29, 1.82) is 0 Å². The van der Waals surface area contributed by atoms with Gasteiger partial charge in [-0.1, -0.05) is 121 Å². The number of alkyl halides is 6. The van der Waals surface area contributed by atoms with E-state index in [-0.39, 0.29) is 18.3 Å². The molecule has 2 amide bonds. The highest BCUT2D eigenvalue weighted by Crippen LogP contribution is 2.37. The number of halogens is 6. The lowest BCUT2D eigenvalue weighted by Crippen LogP contribution is -2.65. The van der Waals surface area contributed by atoms with E-state index in [1.807, 2.05) is 33.9 Å². The average Bonchev–Trinajstić information content (AvgIpc) is 2.97. The van der Waals surface area contributed by atoms with Crippen LogP contribution in [0.5, 0.6) is 0 Å². The number of aliphatic hydroxyl groups excluding tert-OH is 2. The van der Waals surface area contributed by atoms with Crippen LogP contribution >= 0.6 is 69.6 Å². The summed E-state index contributed by atoms with van der Waals surface area (Å²) in [6.45, 7) is 7.76. The van der Waals surface area contributed by atoms with E-state index in [2.05, 4.69) is 10.6 Å². The zero-order chi connectivity index (χ0) is 36.5. The van der Waals surface area contributed by atoms with Gasteiger partial charge in [0.05, 0.1) is 13.2 Å². The number of esters is 1. The van der Waals surface area contributed by atoms with Gasteiger partial charge in [0, 0.05) is 0 Å². The van der Waals surface area contributed by atoms with Crippen LogP contribution in [0.4, 0.5) is 9.59 Å². The topological polar surface area (TPSA) is 171 Å². The Labute approximate surface area is 310 Å². The van der Waals surface area contributed by atoms with Gasteiger partial charge in [-0.15, -0.1) is 0 Å². The van der Waals surface area contributed by atoms with Gasteiger partial charge in [0.25, 0.3) is 0 Å². The molecule has 1 aromatic carbocycles. The van der Waals surface area contributed by atoms with Crippen LogP contribution in [0, 0.1) is 0 Å². The smallest absolute Gasteiger partial charge is 0.408 e. The fourth-order valence-electron chi connectivity index (χ4n) is 3.72. The predicted octanol–water partition coefficient (Wildman–Crippen LogP) is 5.14. The van der Waals surface area contributed by atoms with Crippen LogP contribution in [0.15, 0.2) is 30.3 Å². The Balaban J connectivity index is 2.29. The van der Waals surface area contributed by atoms with Gasteiger partial charge in [-0.25, -0.2) is 14.4 Å². The van der Waals surface area contributed by atoms with Crippen molar-refractivity contribution in [2.75, 3.05) is 26.4 Å². The zero-order valence-electron chi connectivity index (χ0n) is 26.7. The minimum atomic E-state index is -2.35. The molecule has 0 spiro atoms. The fourth-order valence-corrected chi connectivity index (χ4v) is 5.06. The molecule has 0 aromatic heterocycles. The van der Waals surface area contributed by atoms with Gasteiger partial charge in [0.2, 0.25) is 7.59 Å². The Morgan fingerprint density at radius 3 is 2.00 bits per heavy atom. The second kappa shape index (κ2) is 18.5. The Morgan fingerprint density at radius 1 is 0.896 bits per heavy atom. The normalized spacial score (nSPS) is 22.7. The van der Waals surface area contributed by atoms with Crippen LogP contribution in [-0.2, 0) is 39.5 Å². The third kappa shape index (κ3) is 15.1. The first-order valence-electron chi connectivity index (χ1n) is 14.5.